The third-order valence-electron chi connectivity index (χ3n) is 4.77. The highest BCUT2D eigenvalue weighted by Crippen LogP contribution is 2.35. The number of phenolic OH excluding ortho intramolecular Hbond substituents is 1. The Kier molecular flexibility index (Phi) is 4.77. The van der Waals surface area contributed by atoms with Crippen molar-refractivity contribution in [2.75, 3.05) is 13.2 Å². The first kappa shape index (κ1) is 16.9. The van der Waals surface area contributed by atoms with Gasteiger partial charge in [0, 0.05) is 42.6 Å². The van der Waals surface area contributed by atoms with Crippen molar-refractivity contribution in [3.63, 3.8) is 0 Å². The van der Waals surface area contributed by atoms with Crippen molar-refractivity contribution in [3.05, 3.63) is 65.9 Å². The number of hydrogen-bond acceptors (Lipinski definition) is 5. The number of aromatic nitrogens is 2. The van der Waals surface area contributed by atoms with E-state index in [1.54, 1.807) is 18.5 Å². The Bertz CT molecular complexity index is 912. The van der Waals surface area contributed by atoms with Gasteiger partial charge in [0.05, 0.1) is 11.7 Å². The van der Waals surface area contributed by atoms with Crippen molar-refractivity contribution < 1.29 is 14.2 Å². The SMILES string of the molecule is Oc1c(C(NC2CCOCC2)c2ncccc2F)ccc2cccnc12. The summed E-state index contributed by atoms with van der Waals surface area (Å²) in [5, 5.41) is 15.1. The van der Waals surface area contributed by atoms with Crippen LogP contribution in [0.25, 0.3) is 10.9 Å². The number of pyridine rings is 2. The van der Waals surface area contributed by atoms with Gasteiger partial charge in [0.25, 0.3) is 0 Å². The maximum Gasteiger partial charge on any atom is 0.146 e. The number of phenols is 1. The van der Waals surface area contributed by atoms with Gasteiger partial charge in [0.1, 0.15) is 17.1 Å². The highest BCUT2D eigenvalue weighted by atomic mass is 19.1. The molecule has 4 rings (SSSR count). The summed E-state index contributed by atoms with van der Waals surface area (Å²) >= 11 is 0. The molecule has 5 nitrogen and oxygen atoms in total. The Morgan fingerprint density at radius 1 is 1.08 bits per heavy atom. The molecule has 6 heteroatoms. The molecule has 0 spiro atoms. The first-order valence-electron chi connectivity index (χ1n) is 8.75. The summed E-state index contributed by atoms with van der Waals surface area (Å²) in [6, 6.07) is 9.94. The molecular weight excluding hydrogens is 333 g/mol. The zero-order valence-corrected chi connectivity index (χ0v) is 14.2. The number of halogens is 1. The van der Waals surface area contributed by atoms with Gasteiger partial charge in [-0.2, -0.15) is 0 Å². The molecule has 1 aromatic carbocycles. The fourth-order valence-corrected chi connectivity index (χ4v) is 3.40. The first-order valence-corrected chi connectivity index (χ1v) is 8.75. The minimum Gasteiger partial charge on any atom is -0.505 e. The second-order valence-electron chi connectivity index (χ2n) is 6.44. The summed E-state index contributed by atoms with van der Waals surface area (Å²) in [7, 11) is 0. The van der Waals surface area contributed by atoms with E-state index in [0.29, 0.717) is 24.3 Å². The van der Waals surface area contributed by atoms with E-state index in [9.17, 15) is 9.50 Å². The highest BCUT2D eigenvalue weighted by molar-refractivity contribution is 5.85. The molecule has 3 heterocycles. The van der Waals surface area contributed by atoms with Crippen molar-refractivity contribution >= 4 is 10.9 Å². The molecule has 0 aliphatic carbocycles. The van der Waals surface area contributed by atoms with Crippen LogP contribution in [-0.2, 0) is 4.74 Å². The maximum atomic E-state index is 14.5. The predicted molar refractivity (Wildman–Crippen MR) is 96.4 cm³/mol. The number of aromatic hydroxyl groups is 1. The number of ether oxygens (including phenoxy) is 1. The van der Waals surface area contributed by atoms with Crippen molar-refractivity contribution in [2.24, 2.45) is 0 Å². The Morgan fingerprint density at radius 3 is 2.65 bits per heavy atom. The van der Waals surface area contributed by atoms with Crippen molar-refractivity contribution in [1.82, 2.24) is 15.3 Å². The molecule has 134 valence electrons. The standard InChI is InChI=1S/C20H20FN3O2/c21-16-4-2-10-23-19(16)18(24-14-7-11-26-12-8-14)15-6-5-13-3-1-9-22-17(13)20(15)25/h1-6,9-10,14,18,24-25H,7-8,11-12H2. The van der Waals surface area contributed by atoms with Gasteiger partial charge in [-0.3, -0.25) is 9.97 Å². The molecule has 0 amide bonds. The Morgan fingerprint density at radius 2 is 1.85 bits per heavy atom. The molecule has 0 radical (unpaired) electrons. The van der Waals surface area contributed by atoms with Crippen LogP contribution in [0.5, 0.6) is 5.75 Å². The molecule has 1 aliphatic heterocycles. The fourth-order valence-electron chi connectivity index (χ4n) is 3.40. The van der Waals surface area contributed by atoms with Gasteiger partial charge in [0.15, 0.2) is 0 Å². The van der Waals surface area contributed by atoms with Gasteiger partial charge in [-0.25, -0.2) is 4.39 Å². The van der Waals surface area contributed by atoms with Crippen molar-refractivity contribution in [1.29, 1.82) is 0 Å². The number of benzene rings is 1. The first-order chi connectivity index (χ1) is 12.7. The lowest BCUT2D eigenvalue weighted by Crippen LogP contribution is -2.38. The molecule has 1 aliphatic rings. The average molecular weight is 353 g/mol. The van der Waals surface area contributed by atoms with Crippen LogP contribution in [0.4, 0.5) is 4.39 Å². The van der Waals surface area contributed by atoms with E-state index in [1.807, 2.05) is 24.3 Å². The summed E-state index contributed by atoms with van der Waals surface area (Å²) in [5.41, 5.74) is 1.34. The van der Waals surface area contributed by atoms with Crippen LogP contribution >= 0.6 is 0 Å². The number of nitrogens with zero attached hydrogens (tertiary/aromatic N) is 2. The molecule has 1 atom stereocenters. The molecule has 1 unspecified atom stereocenters. The third-order valence-corrected chi connectivity index (χ3v) is 4.77. The summed E-state index contributed by atoms with van der Waals surface area (Å²) in [4.78, 5) is 8.52. The topological polar surface area (TPSA) is 67.3 Å². The summed E-state index contributed by atoms with van der Waals surface area (Å²) < 4.78 is 19.9. The van der Waals surface area contributed by atoms with Crippen LogP contribution in [0.15, 0.2) is 48.8 Å². The lowest BCUT2D eigenvalue weighted by atomic mass is 9.97. The highest BCUT2D eigenvalue weighted by Gasteiger charge is 2.27. The quantitative estimate of drug-likeness (QED) is 0.753. The number of fused-ring (bicyclic) bond motifs is 1. The Labute approximate surface area is 150 Å². The smallest absolute Gasteiger partial charge is 0.146 e. The van der Waals surface area contributed by atoms with Gasteiger partial charge in [-0.15, -0.1) is 0 Å². The van der Waals surface area contributed by atoms with E-state index in [-0.39, 0.29) is 17.5 Å². The molecule has 2 N–H and O–H groups in total. The molecule has 26 heavy (non-hydrogen) atoms. The Hall–Kier alpha value is -2.57. The van der Waals surface area contributed by atoms with E-state index in [1.165, 1.54) is 6.07 Å². The molecule has 1 saturated heterocycles. The number of hydrogen-bond donors (Lipinski definition) is 2. The van der Waals surface area contributed by atoms with E-state index >= 15 is 0 Å². The van der Waals surface area contributed by atoms with Crippen LogP contribution in [0.1, 0.15) is 30.1 Å². The Balaban J connectivity index is 1.79. The third kappa shape index (κ3) is 3.25. The van der Waals surface area contributed by atoms with E-state index in [4.69, 9.17) is 4.74 Å². The van der Waals surface area contributed by atoms with Crippen molar-refractivity contribution in [3.8, 4) is 5.75 Å². The maximum absolute atomic E-state index is 14.5. The molecule has 3 aromatic rings. The van der Waals surface area contributed by atoms with E-state index in [2.05, 4.69) is 15.3 Å². The largest absolute Gasteiger partial charge is 0.505 e. The zero-order valence-electron chi connectivity index (χ0n) is 14.2. The second kappa shape index (κ2) is 7.35. The van der Waals surface area contributed by atoms with Gasteiger partial charge in [-0.1, -0.05) is 18.2 Å². The van der Waals surface area contributed by atoms with E-state index < -0.39 is 11.9 Å². The molecular formula is C20H20FN3O2. The van der Waals surface area contributed by atoms with Crippen LogP contribution < -0.4 is 5.32 Å². The molecule has 0 bridgehead atoms. The summed E-state index contributed by atoms with van der Waals surface area (Å²) in [6.07, 6.45) is 4.86. The second-order valence-corrected chi connectivity index (χ2v) is 6.44. The summed E-state index contributed by atoms with van der Waals surface area (Å²) in [5.74, 6) is -0.352. The lowest BCUT2D eigenvalue weighted by Gasteiger charge is -2.29. The monoisotopic (exact) mass is 353 g/mol. The minimum absolute atomic E-state index is 0.0534. The van der Waals surface area contributed by atoms with Crippen LogP contribution in [-0.4, -0.2) is 34.3 Å². The van der Waals surface area contributed by atoms with Gasteiger partial charge >= 0.3 is 0 Å². The predicted octanol–water partition coefficient (Wildman–Crippen LogP) is 3.33. The lowest BCUT2D eigenvalue weighted by molar-refractivity contribution is 0.0758. The molecule has 2 aromatic heterocycles. The fraction of sp³-hybridized carbons (Fsp3) is 0.300. The zero-order chi connectivity index (χ0) is 17.9. The molecule has 0 saturated carbocycles. The van der Waals surface area contributed by atoms with Crippen LogP contribution in [0.3, 0.4) is 0 Å². The normalized spacial score (nSPS) is 16.7. The molecule has 1 fully saturated rings. The van der Waals surface area contributed by atoms with E-state index in [0.717, 1.165) is 18.2 Å². The average Bonchev–Trinajstić information content (AvgIpc) is 2.68. The minimum atomic E-state index is -0.564. The van der Waals surface area contributed by atoms with Gasteiger partial charge in [0.2, 0.25) is 0 Å². The van der Waals surface area contributed by atoms with Crippen molar-refractivity contribution in [2.45, 2.75) is 24.9 Å². The van der Waals surface area contributed by atoms with Gasteiger partial charge in [-0.05, 0) is 31.0 Å². The number of nitrogens with one attached hydrogen (secondary N) is 1. The van der Waals surface area contributed by atoms with Gasteiger partial charge < -0.3 is 15.2 Å². The van der Waals surface area contributed by atoms with Crippen LogP contribution in [0.2, 0.25) is 0 Å². The van der Waals surface area contributed by atoms with Crippen LogP contribution in [0, 0.1) is 5.82 Å². The summed E-state index contributed by atoms with van der Waals surface area (Å²) in [6.45, 7) is 1.33. The number of rotatable bonds is 4.